The largest absolute Gasteiger partial charge is 0.479 e. The van der Waals surface area contributed by atoms with Crippen molar-refractivity contribution in [2.45, 2.75) is 119 Å². The summed E-state index contributed by atoms with van der Waals surface area (Å²) in [6, 6.07) is 19.3. The number of rotatable bonds is 21. The molecule has 2 aliphatic rings. The molecule has 14 heteroatoms. The number of aliphatic carboxylic acids is 3. The van der Waals surface area contributed by atoms with E-state index in [1.54, 1.807) is 0 Å². The highest BCUT2D eigenvalue weighted by Crippen LogP contribution is 2.55. The lowest BCUT2D eigenvalue weighted by Gasteiger charge is -2.48. The Balaban J connectivity index is 1.47. The van der Waals surface area contributed by atoms with Crippen LogP contribution in [0.1, 0.15) is 89.2 Å². The fourth-order valence-electron chi connectivity index (χ4n) is 7.17. The highest BCUT2D eigenvalue weighted by atomic mass is 16.8. The molecule has 0 saturated carbocycles. The van der Waals surface area contributed by atoms with E-state index in [-0.39, 0.29) is 25.2 Å². The number of ether oxygens (including phenoxy) is 4. The molecule has 2 saturated heterocycles. The number of fused-ring (bicyclic) bond motifs is 2. The zero-order valence-electron chi connectivity index (χ0n) is 31.0. The van der Waals surface area contributed by atoms with E-state index in [9.17, 15) is 49.5 Å². The minimum absolute atomic E-state index is 0.0313. The van der Waals surface area contributed by atoms with Gasteiger partial charge in [-0.2, -0.15) is 0 Å². The lowest BCUT2D eigenvalue weighted by Crippen LogP contribution is -2.78. The average Bonchev–Trinajstić information content (AvgIpc) is 3.36. The molecule has 0 spiro atoms. The van der Waals surface area contributed by atoms with Crippen LogP contribution in [0, 0.1) is 5.92 Å². The first-order valence-electron chi connectivity index (χ1n) is 18.5. The van der Waals surface area contributed by atoms with Gasteiger partial charge in [-0.25, -0.2) is 14.4 Å². The number of carboxylic acid groups (broad SMARTS) is 3. The van der Waals surface area contributed by atoms with Gasteiger partial charge in [-0.1, -0.05) is 105 Å². The van der Waals surface area contributed by atoms with Gasteiger partial charge in [-0.3, -0.25) is 9.59 Å². The molecule has 0 amide bonds. The van der Waals surface area contributed by atoms with Crippen LogP contribution in [-0.4, -0.2) is 96.8 Å². The van der Waals surface area contributed by atoms with Crippen molar-refractivity contribution in [1.82, 2.24) is 0 Å². The van der Waals surface area contributed by atoms with Crippen LogP contribution in [0.25, 0.3) is 12.2 Å². The quantitative estimate of drug-likeness (QED) is 0.0833. The molecule has 2 aromatic rings. The van der Waals surface area contributed by atoms with E-state index in [0.29, 0.717) is 19.3 Å². The Morgan fingerprint density at radius 1 is 0.836 bits per heavy atom. The highest BCUT2D eigenvalue weighted by Gasteiger charge is 2.85. The molecule has 2 heterocycles. The van der Waals surface area contributed by atoms with Crippen LogP contribution in [-0.2, 0) is 42.9 Å². The summed E-state index contributed by atoms with van der Waals surface area (Å²) < 4.78 is 22.2. The molecular formula is C41H50O14. The number of unbranched alkanes of at least 4 members (excludes halogenated alkanes) is 4. The predicted molar refractivity (Wildman–Crippen MR) is 197 cm³/mol. The minimum Gasteiger partial charge on any atom is -0.479 e. The van der Waals surface area contributed by atoms with E-state index in [2.05, 4.69) is 0 Å². The summed E-state index contributed by atoms with van der Waals surface area (Å²) in [5, 5.41) is 53.7. The lowest BCUT2D eigenvalue weighted by molar-refractivity contribution is -0.374. The topological polar surface area (TPSA) is 223 Å². The monoisotopic (exact) mass is 766 g/mol. The Morgan fingerprint density at radius 2 is 1.44 bits per heavy atom. The molecule has 298 valence electrons. The third kappa shape index (κ3) is 9.87. The van der Waals surface area contributed by atoms with Gasteiger partial charge >= 0.3 is 29.8 Å². The molecule has 2 aliphatic heterocycles. The van der Waals surface area contributed by atoms with E-state index < -0.39 is 77.7 Å². The van der Waals surface area contributed by atoms with Crippen LogP contribution < -0.4 is 0 Å². The van der Waals surface area contributed by atoms with E-state index >= 15 is 0 Å². The van der Waals surface area contributed by atoms with Crippen LogP contribution in [0.2, 0.25) is 0 Å². The van der Waals surface area contributed by atoms with Crippen molar-refractivity contribution in [2.24, 2.45) is 5.92 Å². The van der Waals surface area contributed by atoms with Gasteiger partial charge in [0.25, 0.3) is 0 Å². The van der Waals surface area contributed by atoms with E-state index in [4.69, 9.17) is 18.9 Å². The number of benzene rings is 2. The third-order valence-electron chi connectivity index (χ3n) is 10.1. The summed E-state index contributed by atoms with van der Waals surface area (Å²) in [5.74, 6) is -11.0. The number of hydrogen-bond donors (Lipinski definition) is 5. The SMILES string of the molecule is CC(=O)O[C@@H](CCC[C@]12O[C@@H](C(=O)O)[C@](O)(C(=O)O)[C@](C(=O)O)(O1)[C@H](OC(=O)CCCCCC/C=C/c1ccccc1)[C@@H]2O)[C@@H](C)C/C=C/c1ccccc1. The van der Waals surface area contributed by atoms with Crippen LogP contribution >= 0.6 is 0 Å². The van der Waals surface area contributed by atoms with Crippen molar-refractivity contribution in [3.05, 3.63) is 83.9 Å². The second kappa shape index (κ2) is 19.1. The minimum atomic E-state index is -3.86. The van der Waals surface area contributed by atoms with Gasteiger partial charge in [0.1, 0.15) is 12.2 Å². The number of aliphatic hydroxyl groups excluding tert-OH is 1. The fraction of sp³-hybridized carbons (Fsp3) is 0.488. The maximum absolute atomic E-state index is 13.1. The first kappa shape index (κ1) is 42.8. The molecule has 2 aromatic carbocycles. The highest BCUT2D eigenvalue weighted by molar-refractivity contribution is 5.98. The normalized spacial score (nSPS) is 27.1. The molecular weight excluding hydrogens is 716 g/mol. The van der Waals surface area contributed by atoms with Crippen molar-refractivity contribution in [2.75, 3.05) is 0 Å². The van der Waals surface area contributed by atoms with Gasteiger partial charge in [0.05, 0.1) is 0 Å². The first-order valence-corrected chi connectivity index (χ1v) is 18.5. The summed E-state index contributed by atoms with van der Waals surface area (Å²) in [6.07, 6.45) is 2.93. The molecule has 0 aliphatic carbocycles. The molecule has 14 nitrogen and oxygen atoms in total. The number of aliphatic hydroxyl groups is 2. The molecule has 4 rings (SSSR count). The fourth-order valence-corrected chi connectivity index (χ4v) is 7.17. The Morgan fingerprint density at radius 3 is 2.00 bits per heavy atom. The van der Waals surface area contributed by atoms with Crippen LogP contribution in [0.5, 0.6) is 0 Å². The summed E-state index contributed by atoms with van der Waals surface area (Å²) in [5.41, 5.74) is -5.31. The zero-order chi connectivity index (χ0) is 40.2. The van der Waals surface area contributed by atoms with Gasteiger partial charge in [0.2, 0.25) is 23.1 Å². The number of hydrogen-bond acceptors (Lipinski definition) is 11. The van der Waals surface area contributed by atoms with Crippen LogP contribution in [0.3, 0.4) is 0 Å². The van der Waals surface area contributed by atoms with Crippen molar-refractivity contribution in [3.8, 4) is 0 Å². The van der Waals surface area contributed by atoms with E-state index in [1.165, 1.54) is 6.92 Å². The van der Waals surface area contributed by atoms with Gasteiger partial charge in [0.15, 0.2) is 6.10 Å². The molecule has 55 heavy (non-hydrogen) atoms. The summed E-state index contributed by atoms with van der Waals surface area (Å²) in [4.78, 5) is 63.1. The average molecular weight is 767 g/mol. The number of carbonyl (C=O) groups excluding carboxylic acids is 2. The van der Waals surface area contributed by atoms with E-state index in [1.807, 2.05) is 91.9 Å². The van der Waals surface area contributed by atoms with Gasteiger partial charge < -0.3 is 44.5 Å². The third-order valence-corrected chi connectivity index (χ3v) is 10.1. The van der Waals surface area contributed by atoms with Gasteiger partial charge in [0, 0.05) is 19.8 Å². The Labute approximate surface area is 319 Å². The van der Waals surface area contributed by atoms with Crippen molar-refractivity contribution in [3.63, 3.8) is 0 Å². The smallest absolute Gasteiger partial charge is 0.344 e. The lowest BCUT2D eigenvalue weighted by atomic mass is 9.74. The first-order chi connectivity index (χ1) is 26.2. The molecule has 0 aromatic heterocycles. The second-order valence-electron chi connectivity index (χ2n) is 14.0. The number of esters is 2. The Kier molecular flexibility index (Phi) is 14.9. The molecule has 8 atom stereocenters. The van der Waals surface area contributed by atoms with Crippen molar-refractivity contribution in [1.29, 1.82) is 0 Å². The Hall–Kier alpha value is -4.89. The van der Waals surface area contributed by atoms with Crippen molar-refractivity contribution < 1.29 is 68.5 Å². The van der Waals surface area contributed by atoms with E-state index in [0.717, 1.165) is 30.4 Å². The molecule has 0 radical (unpaired) electrons. The van der Waals surface area contributed by atoms with Gasteiger partial charge in [-0.15, -0.1) is 0 Å². The molecule has 5 N–H and O–H groups in total. The molecule has 0 unspecified atom stereocenters. The predicted octanol–water partition coefficient (Wildman–Crippen LogP) is 5.00. The second-order valence-corrected chi connectivity index (χ2v) is 14.0. The number of allylic oxidation sites excluding steroid dienone is 2. The summed E-state index contributed by atoms with van der Waals surface area (Å²) in [6.45, 7) is 3.09. The molecule has 2 bridgehead atoms. The summed E-state index contributed by atoms with van der Waals surface area (Å²) in [7, 11) is 0. The maximum atomic E-state index is 13.1. The van der Waals surface area contributed by atoms with Crippen LogP contribution in [0.15, 0.2) is 72.8 Å². The van der Waals surface area contributed by atoms with Crippen molar-refractivity contribution >= 4 is 42.0 Å². The van der Waals surface area contributed by atoms with Crippen LogP contribution in [0.4, 0.5) is 0 Å². The number of carbonyl (C=O) groups is 5. The van der Waals surface area contributed by atoms with Gasteiger partial charge in [-0.05, 0) is 55.6 Å². The summed E-state index contributed by atoms with van der Waals surface area (Å²) >= 11 is 0. The number of carboxylic acids is 3. The Bertz CT molecular complexity index is 1690. The zero-order valence-corrected chi connectivity index (χ0v) is 31.0. The molecule has 2 fully saturated rings. The maximum Gasteiger partial charge on any atom is 0.344 e. The standard InChI is InChI=1S/C41H50O14/c1-27(17-15-23-30-21-12-8-13-22-30)31(52-28(2)42)24-16-26-39-33(44)34(41(55-39,38(49)50)40(51,37(47)48)35(54-39)36(45)46)53-32(43)25-14-6-4-3-5-9-18-29-19-10-7-11-20-29/h7-13,15,18-23,27,31,33-35,44,51H,3-6,14,16-17,24-26H2,1-2H3,(H,45,46)(H,47,48)(H,49,50)/b18-9+,23-15+/t27-,31-,33-,34+,35-,39-,40-,41-/m0/s1.